The second-order valence-electron chi connectivity index (χ2n) is 8.95. The number of aromatic nitrogens is 2. The Hall–Kier alpha value is -3.67. The molecule has 0 unspecified atom stereocenters. The second-order valence-corrected chi connectivity index (χ2v) is 8.95. The minimum absolute atomic E-state index is 0.0512. The molecule has 2 aromatic heterocycles. The predicted octanol–water partition coefficient (Wildman–Crippen LogP) is 4.92. The summed E-state index contributed by atoms with van der Waals surface area (Å²) in [5, 5.41) is 11.7. The molecule has 0 radical (unpaired) electrons. The van der Waals surface area contributed by atoms with Gasteiger partial charge in [0.1, 0.15) is 11.6 Å². The van der Waals surface area contributed by atoms with Crippen LogP contribution in [0.15, 0.2) is 42.6 Å². The number of aliphatic carboxylic acids is 1. The SMILES string of the molecule is Cc1cc2nc(N3CCCC3)ccc2c(-c2ccc3c4c(ccnc24)CCO3)c1CC(=O)O. The van der Waals surface area contributed by atoms with Crippen LogP contribution in [-0.4, -0.2) is 40.7 Å². The van der Waals surface area contributed by atoms with E-state index in [1.165, 1.54) is 18.4 Å². The quantitative estimate of drug-likeness (QED) is 0.486. The molecule has 0 aliphatic carbocycles. The molecule has 0 saturated carbocycles. The zero-order valence-corrected chi connectivity index (χ0v) is 18.6. The van der Waals surface area contributed by atoms with Gasteiger partial charge in [0.25, 0.3) is 0 Å². The molecule has 4 heterocycles. The molecule has 0 amide bonds. The average molecular weight is 440 g/mol. The van der Waals surface area contributed by atoms with Crippen molar-refractivity contribution in [2.24, 2.45) is 0 Å². The first-order valence-corrected chi connectivity index (χ1v) is 11.5. The van der Waals surface area contributed by atoms with E-state index in [-0.39, 0.29) is 6.42 Å². The number of nitrogens with zero attached hydrogens (tertiary/aromatic N) is 3. The van der Waals surface area contributed by atoms with Crippen molar-refractivity contribution in [1.82, 2.24) is 9.97 Å². The lowest BCUT2D eigenvalue weighted by Gasteiger charge is -2.22. The zero-order valence-electron chi connectivity index (χ0n) is 18.6. The van der Waals surface area contributed by atoms with Gasteiger partial charge < -0.3 is 14.7 Å². The van der Waals surface area contributed by atoms with Crippen molar-refractivity contribution in [3.63, 3.8) is 0 Å². The third kappa shape index (κ3) is 3.28. The first-order valence-electron chi connectivity index (χ1n) is 11.5. The summed E-state index contributed by atoms with van der Waals surface area (Å²) in [5.74, 6) is 0.980. The van der Waals surface area contributed by atoms with Crippen molar-refractivity contribution >= 4 is 33.6 Å². The van der Waals surface area contributed by atoms with E-state index in [4.69, 9.17) is 14.7 Å². The minimum Gasteiger partial charge on any atom is -0.493 e. The highest BCUT2D eigenvalue weighted by molar-refractivity contribution is 6.08. The van der Waals surface area contributed by atoms with Gasteiger partial charge in [-0.25, -0.2) is 4.98 Å². The number of rotatable bonds is 4. The summed E-state index contributed by atoms with van der Waals surface area (Å²) in [4.78, 5) is 23.9. The van der Waals surface area contributed by atoms with Crippen molar-refractivity contribution in [1.29, 1.82) is 0 Å². The van der Waals surface area contributed by atoms with Crippen LogP contribution < -0.4 is 9.64 Å². The van der Waals surface area contributed by atoms with Crippen molar-refractivity contribution in [2.45, 2.75) is 32.6 Å². The molecule has 1 N–H and O–H groups in total. The van der Waals surface area contributed by atoms with Crippen LogP contribution in [0.3, 0.4) is 0 Å². The summed E-state index contributed by atoms with van der Waals surface area (Å²) >= 11 is 0. The van der Waals surface area contributed by atoms with Gasteiger partial charge >= 0.3 is 5.97 Å². The number of ether oxygens (including phenoxy) is 1. The van der Waals surface area contributed by atoms with E-state index in [2.05, 4.69) is 23.1 Å². The number of carbonyl (C=O) groups is 1. The lowest BCUT2D eigenvalue weighted by molar-refractivity contribution is -0.136. The lowest BCUT2D eigenvalue weighted by atomic mass is 9.88. The lowest BCUT2D eigenvalue weighted by Crippen LogP contribution is -2.18. The van der Waals surface area contributed by atoms with E-state index in [1.54, 1.807) is 0 Å². The predicted molar refractivity (Wildman–Crippen MR) is 129 cm³/mol. The highest BCUT2D eigenvalue weighted by Gasteiger charge is 2.23. The standard InChI is InChI=1S/C27H25N3O3/c1-16-14-21-18(5-7-23(29-21)30-11-2-3-12-30)26(20(16)15-24(31)32)19-4-6-22-25-17(9-13-33-22)8-10-28-27(19)25/h4-8,10,14H,2-3,9,11-13,15H2,1H3,(H,31,32). The van der Waals surface area contributed by atoms with Gasteiger partial charge in [-0.2, -0.15) is 0 Å². The van der Waals surface area contributed by atoms with Gasteiger partial charge in [0.2, 0.25) is 0 Å². The Morgan fingerprint density at radius 1 is 1.15 bits per heavy atom. The van der Waals surface area contributed by atoms with Crippen LogP contribution in [0.2, 0.25) is 0 Å². The summed E-state index contributed by atoms with van der Waals surface area (Å²) in [6, 6.07) is 12.3. The summed E-state index contributed by atoms with van der Waals surface area (Å²) in [7, 11) is 0. The summed E-state index contributed by atoms with van der Waals surface area (Å²) in [6.45, 7) is 4.69. The maximum atomic E-state index is 11.8. The fraction of sp³-hybridized carbons (Fsp3) is 0.296. The average Bonchev–Trinajstić information content (AvgIpc) is 3.35. The van der Waals surface area contributed by atoms with Crippen LogP contribution in [-0.2, 0) is 17.6 Å². The van der Waals surface area contributed by atoms with E-state index in [9.17, 15) is 9.90 Å². The number of carboxylic acid groups (broad SMARTS) is 1. The Kier molecular flexibility index (Phi) is 4.68. The van der Waals surface area contributed by atoms with Gasteiger partial charge in [0.05, 0.1) is 24.1 Å². The van der Waals surface area contributed by atoms with Crippen LogP contribution >= 0.6 is 0 Å². The van der Waals surface area contributed by atoms with Crippen molar-refractivity contribution < 1.29 is 14.6 Å². The molecule has 2 aliphatic rings. The Morgan fingerprint density at radius 2 is 2.00 bits per heavy atom. The first kappa shape index (κ1) is 20.0. The molecule has 0 atom stereocenters. The molecule has 1 fully saturated rings. The van der Waals surface area contributed by atoms with Crippen LogP contribution in [0.4, 0.5) is 5.82 Å². The third-order valence-corrected chi connectivity index (χ3v) is 6.91. The highest BCUT2D eigenvalue weighted by Crippen LogP contribution is 2.42. The van der Waals surface area contributed by atoms with E-state index >= 15 is 0 Å². The molecular weight excluding hydrogens is 414 g/mol. The van der Waals surface area contributed by atoms with Crippen LogP contribution in [0.5, 0.6) is 5.75 Å². The minimum atomic E-state index is -0.848. The second kappa shape index (κ2) is 7.73. The van der Waals surface area contributed by atoms with Gasteiger partial charge in [-0.3, -0.25) is 9.78 Å². The van der Waals surface area contributed by atoms with Gasteiger partial charge in [0.15, 0.2) is 0 Å². The maximum Gasteiger partial charge on any atom is 0.307 e. The molecule has 2 aromatic carbocycles. The number of benzene rings is 2. The molecule has 0 bridgehead atoms. The molecule has 0 spiro atoms. The first-order chi connectivity index (χ1) is 16.1. The third-order valence-electron chi connectivity index (χ3n) is 6.91. The van der Waals surface area contributed by atoms with E-state index < -0.39 is 5.97 Å². The van der Waals surface area contributed by atoms with E-state index in [0.717, 1.165) is 75.1 Å². The van der Waals surface area contributed by atoms with Gasteiger partial charge in [-0.15, -0.1) is 0 Å². The Bertz CT molecular complexity index is 1410. The Morgan fingerprint density at radius 3 is 2.82 bits per heavy atom. The maximum absolute atomic E-state index is 11.8. The van der Waals surface area contributed by atoms with Crippen molar-refractivity contribution in [2.75, 3.05) is 24.6 Å². The number of fused-ring (bicyclic) bond motifs is 1. The highest BCUT2D eigenvalue weighted by atomic mass is 16.5. The molecular formula is C27H25N3O3. The molecule has 2 aliphatic heterocycles. The number of aryl methyl sites for hydroxylation is 1. The molecule has 4 aromatic rings. The molecule has 6 rings (SSSR count). The largest absolute Gasteiger partial charge is 0.493 e. The number of carboxylic acids is 1. The number of hydrogen-bond acceptors (Lipinski definition) is 5. The monoisotopic (exact) mass is 439 g/mol. The zero-order chi connectivity index (χ0) is 22.5. The van der Waals surface area contributed by atoms with Gasteiger partial charge in [-0.05, 0) is 78.4 Å². The fourth-order valence-corrected chi connectivity index (χ4v) is 5.35. The van der Waals surface area contributed by atoms with E-state index in [0.29, 0.717) is 6.61 Å². The van der Waals surface area contributed by atoms with Crippen LogP contribution in [0.1, 0.15) is 29.5 Å². The van der Waals surface area contributed by atoms with E-state index in [1.807, 2.05) is 31.3 Å². The number of anilines is 1. The Labute approximate surface area is 191 Å². The van der Waals surface area contributed by atoms with Crippen LogP contribution in [0.25, 0.3) is 32.9 Å². The van der Waals surface area contributed by atoms with Crippen LogP contribution in [0, 0.1) is 6.92 Å². The van der Waals surface area contributed by atoms with Crippen molar-refractivity contribution in [3.05, 3.63) is 59.3 Å². The number of hydrogen-bond donors (Lipinski definition) is 1. The normalized spacial score (nSPS) is 15.2. The summed E-state index contributed by atoms with van der Waals surface area (Å²) in [6.07, 6.45) is 5.01. The fourth-order valence-electron chi connectivity index (χ4n) is 5.35. The summed E-state index contributed by atoms with van der Waals surface area (Å²) in [5.41, 5.74) is 6.54. The molecule has 6 nitrogen and oxygen atoms in total. The van der Waals surface area contributed by atoms with Gasteiger partial charge in [0, 0.05) is 42.0 Å². The van der Waals surface area contributed by atoms with Crippen molar-refractivity contribution in [3.8, 4) is 16.9 Å². The molecule has 166 valence electrons. The number of pyridine rings is 2. The Balaban J connectivity index is 1.65. The summed E-state index contributed by atoms with van der Waals surface area (Å²) < 4.78 is 5.91. The molecule has 1 saturated heterocycles. The van der Waals surface area contributed by atoms with Gasteiger partial charge in [-0.1, -0.05) is 0 Å². The topological polar surface area (TPSA) is 75.5 Å². The molecule has 6 heteroatoms. The smallest absolute Gasteiger partial charge is 0.307 e. The molecule has 33 heavy (non-hydrogen) atoms.